The first-order valence-electron chi connectivity index (χ1n) is 8.32. The Kier molecular flexibility index (Phi) is 7.47. The van der Waals surface area contributed by atoms with E-state index in [1.54, 1.807) is 36.8 Å². The van der Waals surface area contributed by atoms with Crippen LogP contribution in [0.25, 0.3) is 0 Å². The molecule has 2 rings (SSSR count). The average molecular weight is 399 g/mol. The molecule has 1 aromatic carbocycles. The average Bonchev–Trinajstić information content (AvgIpc) is 3.08. The molecule has 1 amide bonds. The topological polar surface area (TPSA) is 84.3 Å². The van der Waals surface area contributed by atoms with Gasteiger partial charge in [-0.15, -0.1) is 0 Å². The molecule has 0 saturated heterocycles. The summed E-state index contributed by atoms with van der Waals surface area (Å²) in [6, 6.07) is 6.66. The third-order valence-corrected chi connectivity index (χ3v) is 5.17. The molecule has 0 aliphatic carbocycles. The van der Waals surface area contributed by atoms with Crippen LogP contribution < -0.4 is 9.62 Å². The maximum absolute atomic E-state index is 12.0. The van der Waals surface area contributed by atoms with Gasteiger partial charge in [0, 0.05) is 43.5 Å². The zero-order valence-electron chi connectivity index (χ0n) is 14.6. The van der Waals surface area contributed by atoms with Crippen molar-refractivity contribution in [3.8, 4) is 0 Å². The number of nitrogens with one attached hydrogen (secondary N) is 1. The highest BCUT2D eigenvalue weighted by atomic mass is 35.5. The van der Waals surface area contributed by atoms with Crippen LogP contribution in [0.2, 0.25) is 5.02 Å². The first kappa shape index (κ1) is 20.3. The lowest BCUT2D eigenvalue weighted by molar-refractivity contribution is -0.121. The van der Waals surface area contributed by atoms with Crippen LogP contribution >= 0.6 is 11.6 Å². The Hall–Kier alpha value is -2.06. The zero-order chi connectivity index (χ0) is 19.0. The van der Waals surface area contributed by atoms with Gasteiger partial charge in [0.25, 0.3) is 0 Å². The van der Waals surface area contributed by atoms with Gasteiger partial charge in [-0.1, -0.05) is 17.7 Å². The van der Waals surface area contributed by atoms with Crippen LogP contribution in [0.5, 0.6) is 0 Å². The Bertz CT molecular complexity index is 809. The molecule has 0 aliphatic heterocycles. The van der Waals surface area contributed by atoms with E-state index in [1.807, 2.05) is 10.8 Å². The van der Waals surface area contributed by atoms with E-state index in [9.17, 15) is 13.2 Å². The first-order valence-corrected chi connectivity index (χ1v) is 10.5. The van der Waals surface area contributed by atoms with E-state index in [1.165, 1.54) is 4.31 Å². The number of amides is 1. The molecular formula is C17H23ClN4O3S. The fourth-order valence-electron chi connectivity index (χ4n) is 2.50. The second kappa shape index (κ2) is 9.59. The molecule has 0 bridgehead atoms. The molecule has 7 nitrogen and oxygen atoms in total. The molecule has 0 saturated carbocycles. The number of benzene rings is 1. The van der Waals surface area contributed by atoms with Gasteiger partial charge in [-0.05, 0) is 31.0 Å². The largest absolute Gasteiger partial charge is 0.356 e. The molecule has 0 radical (unpaired) electrons. The van der Waals surface area contributed by atoms with Crippen LogP contribution in [0.4, 0.5) is 5.69 Å². The smallest absolute Gasteiger partial charge is 0.232 e. The van der Waals surface area contributed by atoms with Crippen molar-refractivity contribution in [2.75, 3.05) is 23.7 Å². The second-order valence-corrected chi connectivity index (χ2v) is 8.27. The van der Waals surface area contributed by atoms with Crippen LogP contribution in [0.3, 0.4) is 0 Å². The Morgan fingerprint density at radius 1 is 1.35 bits per heavy atom. The van der Waals surface area contributed by atoms with Crippen molar-refractivity contribution in [3.05, 3.63) is 48.0 Å². The lowest BCUT2D eigenvalue weighted by atomic mass is 10.2. The van der Waals surface area contributed by atoms with Crippen molar-refractivity contribution in [2.45, 2.75) is 25.8 Å². The Labute approximate surface area is 159 Å². The van der Waals surface area contributed by atoms with Crippen LogP contribution in [0, 0.1) is 0 Å². The fraction of sp³-hybridized carbons (Fsp3) is 0.412. The van der Waals surface area contributed by atoms with Gasteiger partial charge in [0.1, 0.15) is 0 Å². The van der Waals surface area contributed by atoms with Gasteiger partial charge in [0.15, 0.2) is 0 Å². The predicted molar refractivity (Wildman–Crippen MR) is 103 cm³/mol. The van der Waals surface area contributed by atoms with Gasteiger partial charge in [0.05, 0.1) is 18.3 Å². The van der Waals surface area contributed by atoms with Crippen molar-refractivity contribution in [3.63, 3.8) is 0 Å². The monoisotopic (exact) mass is 398 g/mol. The summed E-state index contributed by atoms with van der Waals surface area (Å²) < 4.78 is 27.2. The van der Waals surface area contributed by atoms with E-state index >= 15 is 0 Å². The van der Waals surface area contributed by atoms with E-state index in [0.29, 0.717) is 23.7 Å². The maximum atomic E-state index is 12.0. The minimum Gasteiger partial charge on any atom is -0.356 e. The van der Waals surface area contributed by atoms with E-state index in [2.05, 4.69) is 10.3 Å². The standard InChI is InChI=1S/C17H23ClN4O3S/c1-26(24,25)22(16-6-2-5-15(18)13-16)11-3-7-17(23)20-8-4-10-21-12-9-19-14-21/h2,5-6,9,12-14H,3-4,7-8,10-11H2,1H3,(H,20,23). The lowest BCUT2D eigenvalue weighted by Gasteiger charge is -2.22. The summed E-state index contributed by atoms with van der Waals surface area (Å²) in [6.07, 6.45) is 7.95. The van der Waals surface area contributed by atoms with E-state index in [0.717, 1.165) is 19.2 Å². The summed E-state index contributed by atoms with van der Waals surface area (Å²) in [4.78, 5) is 15.9. The lowest BCUT2D eigenvalue weighted by Crippen LogP contribution is -2.32. The van der Waals surface area contributed by atoms with Gasteiger partial charge in [-0.25, -0.2) is 13.4 Å². The number of hydrogen-bond acceptors (Lipinski definition) is 4. The van der Waals surface area contributed by atoms with Gasteiger partial charge in [-0.3, -0.25) is 9.10 Å². The van der Waals surface area contributed by atoms with Crippen molar-refractivity contribution in [1.29, 1.82) is 0 Å². The first-order chi connectivity index (χ1) is 12.4. The number of aryl methyl sites for hydroxylation is 1. The Balaban J connectivity index is 1.75. The number of carbonyl (C=O) groups excluding carboxylic acids is 1. The van der Waals surface area contributed by atoms with Crippen LogP contribution in [-0.4, -0.2) is 43.2 Å². The number of halogens is 1. The maximum Gasteiger partial charge on any atom is 0.232 e. The van der Waals surface area contributed by atoms with Crippen molar-refractivity contribution >= 4 is 33.2 Å². The summed E-state index contributed by atoms with van der Waals surface area (Å²) in [5.74, 6) is -0.0878. The normalized spacial score (nSPS) is 11.3. The molecule has 0 unspecified atom stereocenters. The number of anilines is 1. The molecular weight excluding hydrogens is 376 g/mol. The van der Waals surface area contributed by atoms with Crippen LogP contribution in [0.15, 0.2) is 43.0 Å². The third-order valence-electron chi connectivity index (χ3n) is 3.74. The molecule has 1 aromatic heterocycles. The number of rotatable bonds is 10. The molecule has 142 valence electrons. The second-order valence-electron chi connectivity index (χ2n) is 5.92. The van der Waals surface area contributed by atoms with Crippen molar-refractivity contribution < 1.29 is 13.2 Å². The van der Waals surface area contributed by atoms with E-state index in [-0.39, 0.29) is 18.9 Å². The van der Waals surface area contributed by atoms with Gasteiger partial charge < -0.3 is 9.88 Å². The van der Waals surface area contributed by atoms with Gasteiger partial charge in [-0.2, -0.15) is 0 Å². The van der Waals surface area contributed by atoms with Crippen LogP contribution in [-0.2, 0) is 21.4 Å². The summed E-state index contributed by atoms with van der Waals surface area (Å²) in [6.45, 7) is 1.58. The molecule has 0 atom stereocenters. The molecule has 9 heteroatoms. The summed E-state index contributed by atoms with van der Waals surface area (Å²) in [5, 5.41) is 3.31. The van der Waals surface area contributed by atoms with E-state index < -0.39 is 10.0 Å². The Morgan fingerprint density at radius 2 is 2.15 bits per heavy atom. The predicted octanol–water partition coefficient (Wildman–Crippen LogP) is 2.29. The minimum atomic E-state index is -3.44. The molecule has 0 fully saturated rings. The van der Waals surface area contributed by atoms with Gasteiger partial charge >= 0.3 is 0 Å². The van der Waals surface area contributed by atoms with E-state index in [4.69, 9.17) is 11.6 Å². The molecule has 0 aliphatic rings. The minimum absolute atomic E-state index is 0.0878. The number of imidazole rings is 1. The number of sulfonamides is 1. The highest BCUT2D eigenvalue weighted by Crippen LogP contribution is 2.22. The molecule has 0 spiro atoms. The number of aromatic nitrogens is 2. The Morgan fingerprint density at radius 3 is 2.81 bits per heavy atom. The number of nitrogens with zero attached hydrogens (tertiary/aromatic N) is 3. The number of carbonyl (C=O) groups is 1. The summed E-state index contributed by atoms with van der Waals surface area (Å²) in [7, 11) is -3.44. The quantitative estimate of drug-likeness (QED) is 0.622. The zero-order valence-corrected chi connectivity index (χ0v) is 16.2. The molecule has 1 N–H and O–H groups in total. The van der Waals surface area contributed by atoms with Crippen molar-refractivity contribution in [1.82, 2.24) is 14.9 Å². The van der Waals surface area contributed by atoms with Crippen LogP contribution in [0.1, 0.15) is 19.3 Å². The molecule has 1 heterocycles. The fourth-order valence-corrected chi connectivity index (χ4v) is 3.64. The van der Waals surface area contributed by atoms with Crippen molar-refractivity contribution in [2.24, 2.45) is 0 Å². The third kappa shape index (κ3) is 6.68. The highest BCUT2D eigenvalue weighted by Gasteiger charge is 2.17. The van der Waals surface area contributed by atoms with Gasteiger partial charge in [0.2, 0.25) is 15.9 Å². The molecule has 26 heavy (non-hydrogen) atoms. The highest BCUT2D eigenvalue weighted by molar-refractivity contribution is 7.92. The SMILES string of the molecule is CS(=O)(=O)N(CCCC(=O)NCCCn1ccnc1)c1cccc(Cl)c1. The molecule has 2 aromatic rings. The number of hydrogen-bond donors (Lipinski definition) is 1. The summed E-state index contributed by atoms with van der Waals surface area (Å²) >= 11 is 5.94. The summed E-state index contributed by atoms with van der Waals surface area (Å²) in [5.41, 5.74) is 0.501.